The second-order valence-electron chi connectivity index (χ2n) is 5.56. The van der Waals surface area contributed by atoms with Gasteiger partial charge in [-0.15, -0.1) is 11.3 Å². The van der Waals surface area contributed by atoms with E-state index in [0.717, 1.165) is 28.3 Å². The highest BCUT2D eigenvalue weighted by Crippen LogP contribution is 2.18. The zero-order chi connectivity index (χ0) is 17.5. The number of hydrogen-bond donors (Lipinski definition) is 1. The first kappa shape index (κ1) is 17.2. The fourth-order valence-electron chi connectivity index (χ4n) is 2.35. The van der Waals surface area contributed by atoms with Crippen LogP contribution in [0.5, 0.6) is 5.75 Å². The molecule has 0 spiro atoms. The van der Waals surface area contributed by atoms with E-state index in [1.807, 2.05) is 54.6 Å². The van der Waals surface area contributed by atoms with Crippen LogP contribution >= 0.6 is 11.3 Å². The maximum Gasteiger partial charge on any atom is 0.261 e. The Morgan fingerprint density at radius 3 is 2.84 bits per heavy atom. The molecule has 0 saturated carbocycles. The summed E-state index contributed by atoms with van der Waals surface area (Å²) in [5.74, 6) is 0.728. The number of ether oxygens (including phenoxy) is 1. The van der Waals surface area contributed by atoms with Gasteiger partial charge in [-0.3, -0.25) is 9.78 Å². The Hall–Kier alpha value is -2.66. The summed E-state index contributed by atoms with van der Waals surface area (Å²) in [6, 6.07) is 17.4. The molecule has 0 aliphatic heterocycles. The van der Waals surface area contributed by atoms with Gasteiger partial charge in [-0.25, -0.2) is 0 Å². The number of nitrogens with one attached hydrogen (secondary N) is 1. The number of aromatic nitrogens is 1. The van der Waals surface area contributed by atoms with E-state index in [1.54, 1.807) is 17.5 Å². The van der Waals surface area contributed by atoms with Crippen molar-refractivity contribution in [2.75, 3.05) is 0 Å². The van der Waals surface area contributed by atoms with Gasteiger partial charge >= 0.3 is 0 Å². The summed E-state index contributed by atoms with van der Waals surface area (Å²) < 4.78 is 5.77. The van der Waals surface area contributed by atoms with Crippen LogP contribution in [0.25, 0.3) is 0 Å². The van der Waals surface area contributed by atoms with Gasteiger partial charge in [0.1, 0.15) is 12.4 Å². The molecule has 0 atom stereocenters. The Kier molecular flexibility index (Phi) is 5.80. The van der Waals surface area contributed by atoms with E-state index in [9.17, 15) is 4.79 Å². The molecule has 0 saturated heterocycles. The highest BCUT2D eigenvalue weighted by Gasteiger charge is 2.08. The van der Waals surface area contributed by atoms with E-state index in [0.29, 0.717) is 13.2 Å². The minimum atomic E-state index is -0.0375. The normalized spacial score (nSPS) is 10.4. The molecular formula is C20H20N2O2S. The minimum absolute atomic E-state index is 0.0375. The molecule has 0 unspecified atom stereocenters. The molecule has 25 heavy (non-hydrogen) atoms. The number of aryl methyl sites for hydroxylation is 1. The SMILES string of the molecule is CCc1ccc(C(=O)NCc2cccc(OCc3ccccn3)c2)s1. The molecule has 5 heteroatoms. The van der Waals surface area contributed by atoms with E-state index < -0.39 is 0 Å². The topological polar surface area (TPSA) is 51.2 Å². The van der Waals surface area contributed by atoms with E-state index in [2.05, 4.69) is 17.2 Å². The van der Waals surface area contributed by atoms with Gasteiger partial charge in [-0.2, -0.15) is 0 Å². The van der Waals surface area contributed by atoms with Crippen LogP contribution in [-0.2, 0) is 19.6 Å². The maximum absolute atomic E-state index is 12.2. The largest absolute Gasteiger partial charge is 0.487 e. The molecule has 1 N–H and O–H groups in total. The molecule has 0 bridgehead atoms. The second kappa shape index (κ2) is 8.44. The third-order valence-corrected chi connectivity index (χ3v) is 4.93. The predicted molar refractivity (Wildman–Crippen MR) is 99.9 cm³/mol. The second-order valence-corrected chi connectivity index (χ2v) is 6.73. The van der Waals surface area contributed by atoms with Crippen molar-refractivity contribution in [3.63, 3.8) is 0 Å². The third-order valence-electron chi connectivity index (χ3n) is 3.70. The number of pyridine rings is 1. The smallest absolute Gasteiger partial charge is 0.261 e. The summed E-state index contributed by atoms with van der Waals surface area (Å²) in [6.07, 6.45) is 2.70. The van der Waals surface area contributed by atoms with Crippen molar-refractivity contribution < 1.29 is 9.53 Å². The standard InChI is InChI=1S/C20H20N2O2S/c1-2-18-9-10-19(25-18)20(23)22-13-15-6-5-8-17(12-15)24-14-16-7-3-4-11-21-16/h3-12H,2,13-14H2,1H3,(H,22,23). The van der Waals surface area contributed by atoms with Crippen molar-refractivity contribution >= 4 is 17.2 Å². The van der Waals surface area contributed by atoms with Gasteiger partial charge in [-0.1, -0.05) is 25.1 Å². The minimum Gasteiger partial charge on any atom is -0.487 e. The van der Waals surface area contributed by atoms with Crippen LogP contribution in [0.1, 0.15) is 32.7 Å². The summed E-state index contributed by atoms with van der Waals surface area (Å²) >= 11 is 1.54. The van der Waals surface area contributed by atoms with Gasteiger partial charge in [0.05, 0.1) is 10.6 Å². The van der Waals surface area contributed by atoms with Crippen LogP contribution in [0.4, 0.5) is 0 Å². The first-order valence-corrected chi connectivity index (χ1v) is 9.05. The number of carbonyl (C=O) groups excluding carboxylic acids is 1. The van der Waals surface area contributed by atoms with E-state index >= 15 is 0 Å². The number of thiophene rings is 1. The zero-order valence-electron chi connectivity index (χ0n) is 14.1. The summed E-state index contributed by atoms with van der Waals surface area (Å²) in [5, 5.41) is 2.96. The number of rotatable bonds is 7. The first-order valence-electron chi connectivity index (χ1n) is 8.23. The summed E-state index contributed by atoms with van der Waals surface area (Å²) in [5.41, 5.74) is 1.88. The van der Waals surface area contributed by atoms with Crippen LogP contribution in [0, 0.1) is 0 Å². The molecule has 0 radical (unpaired) electrons. The Balaban J connectivity index is 1.55. The molecule has 2 aromatic heterocycles. The predicted octanol–water partition coefficient (Wildman–Crippen LogP) is 4.21. The zero-order valence-corrected chi connectivity index (χ0v) is 14.9. The molecule has 4 nitrogen and oxygen atoms in total. The van der Waals surface area contributed by atoms with Crippen LogP contribution in [0.3, 0.4) is 0 Å². The molecule has 0 fully saturated rings. The van der Waals surface area contributed by atoms with Gasteiger partial charge in [0.25, 0.3) is 5.91 Å². The monoisotopic (exact) mass is 352 g/mol. The first-order chi connectivity index (χ1) is 12.2. The van der Waals surface area contributed by atoms with Crippen LogP contribution < -0.4 is 10.1 Å². The van der Waals surface area contributed by atoms with Crippen LogP contribution in [0.2, 0.25) is 0 Å². The molecule has 3 aromatic rings. The number of carbonyl (C=O) groups is 1. The van der Waals surface area contributed by atoms with Gasteiger partial charge in [-0.05, 0) is 48.4 Å². The average molecular weight is 352 g/mol. The molecule has 1 aromatic carbocycles. The van der Waals surface area contributed by atoms with Crippen molar-refractivity contribution in [3.05, 3.63) is 81.8 Å². The van der Waals surface area contributed by atoms with Crippen molar-refractivity contribution in [2.45, 2.75) is 26.5 Å². The molecule has 3 rings (SSSR count). The van der Waals surface area contributed by atoms with E-state index in [4.69, 9.17) is 4.74 Å². The lowest BCUT2D eigenvalue weighted by molar-refractivity contribution is 0.0955. The lowest BCUT2D eigenvalue weighted by Crippen LogP contribution is -2.21. The number of hydrogen-bond acceptors (Lipinski definition) is 4. The Labute approximate surface area is 151 Å². The molecular weight excluding hydrogens is 332 g/mol. The number of amides is 1. The summed E-state index contributed by atoms with van der Waals surface area (Å²) in [6.45, 7) is 2.98. The van der Waals surface area contributed by atoms with Crippen molar-refractivity contribution in [3.8, 4) is 5.75 Å². The molecule has 0 aliphatic carbocycles. The Bertz CT molecular complexity index is 830. The highest BCUT2D eigenvalue weighted by atomic mass is 32.1. The van der Waals surface area contributed by atoms with Gasteiger partial charge < -0.3 is 10.1 Å². The van der Waals surface area contributed by atoms with Crippen LogP contribution in [0.15, 0.2) is 60.8 Å². The number of benzene rings is 1. The van der Waals surface area contributed by atoms with Crippen molar-refractivity contribution in [2.24, 2.45) is 0 Å². The maximum atomic E-state index is 12.2. The average Bonchev–Trinajstić information content (AvgIpc) is 3.15. The molecule has 128 valence electrons. The third kappa shape index (κ3) is 4.90. The van der Waals surface area contributed by atoms with Crippen LogP contribution in [-0.4, -0.2) is 10.9 Å². The van der Waals surface area contributed by atoms with Crippen molar-refractivity contribution in [1.82, 2.24) is 10.3 Å². The fourth-order valence-corrected chi connectivity index (χ4v) is 3.21. The quantitative estimate of drug-likeness (QED) is 0.693. The van der Waals surface area contributed by atoms with E-state index in [1.165, 1.54) is 4.88 Å². The highest BCUT2D eigenvalue weighted by molar-refractivity contribution is 7.14. The van der Waals surface area contributed by atoms with Gasteiger partial charge in [0.2, 0.25) is 0 Å². The lowest BCUT2D eigenvalue weighted by atomic mass is 10.2. The Morgan fingerprint density at radius 1 is 1.16 bits per heavy atom. The summed E-state index contributed by atoms with van der Waals surface area (Å²) in [4.78, 5) is 18.4. The molecule has 2 heterocycles. The lowest BCUT2D eigenvalue weighted by Gasteiger charge is -2.08. The number of nitrogens with zero attached hydrogens (tertiary/aromatic N) is 1. The van der Waals surface area contributed by atoms with Gasteiger partial charge in [0, 0.05) is 17.6 Å². The molecule has 1 amide bonds. The Morgan fingerprint density at radius 2 is 2.08 bits per heavy atom. The van der Waals surface area contributed by atoms with Crippen molar-refractivity contribution in [1.29, 1.82) is 0 Å². The van der Waals surface area contributed by atoms with E-state index in [-0.39, 0.29) is 5.91 Å². The fraction of sp³-hybridized carbons (Fsp3) is 0.200. The van der Waals surface area contributed by atoms with Gasteiger partial charge in [0.15, 0.2) is 0 Å². The molecule has 0 aliphatic rings. The summed E-state index contributed by atoms with van der Waals surface area (Å²) in [7, 11) is 0.